The minimum Gasteiger partial charge on any atom is -0.373 e. The molecule has 0 aliphatic rings. The second kappa shape index (κ2) is 6.36. The van der Waals surface area contributed by atoms with Crippen molar-refractivity contribution < 1.29 is 13.7 Å². The lowest BCUT2D eigenvalue weighted by Gasteiger charge is -2.09. The molecule has 0 aliphatic heterocycles. The van der Waals surface area contributed by atoms with Crippen LogP contribution < -0.4 is 5.32 Å². The van der Waals surface area contributed by atoms with Crippen molar-refractivity contribution in [3.63, 3.8) is 0 Å². The number of hydrogen-bond acceptors (Lipinski definition) is 3. The summed E-state index contributed by atoms with van der Waals surface area (Å²) in [6, 6.07) is 6.31. The Hall–Kier alpha value is -1.73. The minimum absolute atomic E-state index is 0.108. The van der Waals surface area contributed by atoms with Gasteiger partial charge in [-0.3, -0.25) is 10.1 Å². The quantitative estimate of drug-likeness (QED) is 0.609. The molecule has 0 atom stereocenters. The van der Waals surface area contributed by atoms with E-state index in [1.807, 2.05) is 0 Å². The molecule has 8 heteroatoms. The van der Waals surface area contributed by atoms with E-state index in [-0.39, 0.29) is 12.2 Å². The van der Waals surface area contributed by atoms with Crippen LogP contribution in [0.2, 0.25) is 5.02 Å². The lowest BCUT2D eigenvalue weighted by molar-refractivity contribution is -0.384. The number of nitrogens with zero attached hydrogens (tertiary/aromatic N) is 1. The molecule has 0 heterocycles. The van der Waals surface area contributed by atoms with Gasteiger partial charge in [-0.25, -0.2) is 8.78 Å². The van der Waals surface area contributed by atoms with E-state index in [0.29, 0.717) is 27.2 Å². The van der Waals surface area contributed by atoms with Gasteiger partial charge in [0.05, 0.1) is 16.0 Å². The van der Waals surface area contributed by atoms with Gasteiger partial charge in [0.25, 0.3) is 5.69 Å². The monoisotopic (exact) mass is 376 g/mol. The van der Waals surface area contributed by atoms with Crippen molar-refractivity contribution in [3.05, 3.63) is 67.1 Å². The van der Waals surface area contributed by atoms with Crippen molar-refractivity contribution in [3.8, 4) is 0 Å². The first-order valence-corrected chi connectivity index (χ1v) is 6.87. The fraction of sp³-hybridized carbons (Fsp3) is 0.0769. The number of nitro groups is 1. The van der Waals surface area contributed by atoms with Crippen LogP contribution in [0.4, 0.5) is 20.2 Å². The summed E-state index contributed by atoms with van der Waals surface area (Å²) < 4.78 is 27.4. The zero-order valence-corrected chi connectivity index (χ0v) is 12.7. The predicted octanol–water partition coefficient (Wildman–Crippen LogP) is 4.90. The van der Waals surface area contributed by atoms with E-state index in [4.69, 9.17) is 11.6 Å². The average Bonchev–Trinajstić information content (AvgIpc) is 2.40. The van der Waals surface area contributed by atoms with Crippen molar-refractivity contribution in [2.45, 2.75) is 6.54 Å². The Morgan fingerprint density at radius 3 is 2.62 bits per heavy atom. The fourth-order valence-corrected chi connectivity index (χ4v) is 2.17. The maximum atomic E-state index is 13.7. The topological polar surface area (TPSA) is 55.2 Å². The average molecular weight is 378 g/mol. The van der Waals surface area contributed by atoms with Gasteiger partial charge in [0.15, 0.2) is 5.82 Å². The molecule has 0 bridgehead atoms. The molecule has 110 valence electrons. The van der Waals surface area contributed by atoms with Gasteiger partial charge in [-0.2, -0.15) is 0 Å². The molecule has 0 radical (unpaired) electrons. The van der Waals surface area contributed by atoms with Crippen molar-refractivity contribution in [1.82, 2.24) is 0 Å². The van der Waals surface area contributed by atoms with Crippen molar-refractivity contribution in [2.24, 2.45) is 0 Å². The molecule has 4 nitrogen and oxygen atoms in total. The number of anilines is 1. The summed E-state index contributed by atoms with van der Waals surface area (Å²) in [5.41, 5.74) is -0.322. The molecule has 0 amide bonds. The second-order valence-corrected chi connectivity index (χ2v) is 5.40. The van der Waals surface area contributed by atoms with Crippen LogP contribution in [0.5, 0.6) is 0 Å². The third-order valence-electron chi connectivity index (χ3n) is 2.68. The molecule has 2 aromatic carbocycles. The number of benzene rings is 2. The minimum atomic E-state index is -1.02. The third-order valence-corrected chi connectivity index (χ3v) is 3.92. The highest BCUT2D eigenvalue weighted by Crippen LogP contribution is 2.30. The van der Waals surface area contributed by atoms with Crippen LogP contribution in [0.1, 0.15) is 5.56 Å². The van der Waals surface area contributed by atoms with Gasteiger partial charge >= 0.3 is 0 Å². The maximum Gasteiger partial charge on any atom is 0.298 e. The van der Waals surface area contributed by atoms with E-state index in [9.17, 15) is 18.9 Å². The Balaban J connectivity index is 2.27. The summed E-state index contributed by atoms with van der Waals surface area (Å²) in [6.45, 7) is 0.108. The van der Waals surface area contributed by atoms with Crippen LogP contribution in [0, 0.1) is 21.7 Å². The van der Waals surface area contributed by atoms with Gasteiger partial charge in [0.2, 0.25) is 0 Å². The van der Waals surface area contributed by atoms with E-state index < -0.39 is 22.2 Å². The summed E-state index contributed by atoms with van der Waals surface area (Å²) in [5, 5.41) is 13.9. The van der Waals surface area contributed by atoms with E-state index in [0.717, 1.165) is 0 Å². The summed E-state index contributed by atoms with van der Waals surface area (Å²) in [4.78, 5) is 10.00. The normalized spacial score (nSPS) is 10.5. The van der Waals surface area contributed by atoms with Crippen LogP contribution in [-0.2, 0) is 6.54 Å². The molecule has 21 heavy (non-hydrogen) atoms. The number of nitro benzene ring substituents is 1. The number of hydrogen-bond donors (Lipinski definition) is 1. The molecular weight excluding hydrogens is 370 g/mol. The highest BCUT2D eigenvalue weighted by atomic mass is 79.9. The highest BCUT2D eigenvalue weighted by molar-refractivity contribution is 9.10. The molecule has 0 spiro atoms. The summed E-state index contributed by atoms with van der Waals surface area (Å²) in [6.07, 6.45) is 0. The van der Waals surface area contributed by atoms with Crippen molar-refractivity contribution >= 4 is 38.9 Å². The molecule has 0 saturated heterocycles. The number of nitrogens with one attached hydrogen (secondary N) is 1. The van der Waals surface area contributed by atoms with E-state index in [1.165, 1.54) is 0 Å². The first-order valence-electron chi connectivity index (χ1n) is 5.69. The first kappa shape index (κ1) is 15.7. The van der Waals surface area contributed by atoms with Gasteiger partial charge in [-0.1, -0.05) is 17.7 Å². The fourth-order valence-electron chi connectivity index (χ4n) is 1.72. The molecule has 2 aromatic rings. The molecule has 1 N–H and O–H groups in total. The number of rotatable bonds is 4. The van der Waals surface area contributed by atoms with Gasteiger partial charge in [0, 0.05) is 17.1 Å². The first-order chi connectivity index (χ1) is 9.88. The molecule has 0 aliphatic carbocycles. The van der Waals surface area contributed by atoms with Gasteiger partial charge in [0.1, 0.15) is 11.5 Å². The summed E-state index contributed by atoms with van der Waals surface area (Å²) in [5.74, 6) is -2.03. The van der Waals surface area contributed by atoms with E-state index in [1.54, 1.807) is 18.2 Å². The Labute approximate surface area is 132 Å². The Morgan fingerprint density at radius 1 is 1.29 bits per heavy atom. The smallest absolute Gasteiger partial charge is 0.298 e. The third kappa shape index (κ3) is 3.68. The zero-order valence-electron chi connectivity index (χ0n) is 10.4. The predicted molar refractivity (Wildman–Crippen MR) is 79.5 cm³/mol. The van der Waals surface area contributed by atoms with E-state index in [2.05, 4.69) is 21.2 Å². The maximum absolute atomic E-state index is 13.7. The molecule has 0 fully saturated rings. The zero-order chi connectivity index (χ0) is 15.6. The van der Waals surface area contributed by atoms with Crippen LogP contribution >= 0.6 is 27.5 Å². The lowest BCUT2D eigenvalue weighted by atomic mass is 10.2. The highest BCUT2D eigenvalue weighted by Gasteiger charge is 2.20. The van der Waals surface area contributed by atoms with Crippen LogP contribution in [0.25, 0.3) is 0 Å². The largest absolute Gasteiger partial charge is 0.373 e. The van der Waals surface area contributed by atoms with Gasteiger partial charge in [-0.05, 0) is 33.6 Å². The number of halogens is 4. The van der Waals surface area contributed by atoms with Crippen molar-refractivity contribution in [1.29, 1.82) is 0 Å². The Bertz CT molecular complexity index is 713. The Kier molecular flexibility index (Phi) is 4.74. The standard InChI is InChI=1S/C13H8BrClF2N2O2/c14-9-2-1-7(3-10(9)15)6-18-13-11(17)4-8(16)5-12(13)19(20)21/h1-5,18H,6H2. The second-order valence-electron chi connectivity index (χ2n) is 4.14. The van der Waals surface area contributed by atoms with Gasteiger partial charge < -0.3 is 5.32 Å². The summed E-state index contributed by atoms with van der Waals surface area (Å²) >= 11 is 9.16. The molecule has 0 saturated carbocycles. The summed E-state index contributed by atoms with van der Waals surface area (Å²) in [7, 11) is 0. The molecule has 0 aromatic heterocycles. The molecular formula is C13H8BrClF2N2O2. The van der Waals surface area contributed by atoms with Crippen molar-refractivity contribution in [2.75, 3.05) is 5.32 Å². The Morgan fingerprint density at radius 2 is 2.00 bits per heavy atom. The SMILES string of the molecule is O=[N+]([O-])c1cc(F)cc(F)c1NCc1ccc(Br)c(Cl)c1. The van der Waals surface area contributed by atoms with Crippen LogP contribution in [-0.4, -0.2) is 4.92 Å². The molecule has 2 rings (SSSR count). The molecule has 0 unspecified atom stereocenters. The van der Waals surface area contributed by atoms with E-state index >= 15 is 0 Å². The van der Waals surface area contributed by atoms with Crippen LogP contribution in [0.3, 0.4) is 0 Å². The van der Waals surface area contributed by atoms with Crippen LogP contribution in [0.15, 0.2) is 34.8 Å². The van der Waals surface area contributed by atoms with Gasteiger partial charge in [-0.15, -0.1) is 0 Å². The lowest BCUT2D eigenvalue weighted by Crippen LogP contribution is -2.05.